The van der Waals surface area contributed by atoms with Gasteiger partial charge < -0.3 is 4.90 Å². The molecule has 0 aliphatic carbocycles. The highest BCUT2D eigenvalue weighted by atomic mass is 32.1. The summed E-state index contributed by atoms with van der Waals surface area (Å²) in [7, 11) is 2.01. The Hall–Kier alpha value is -0.870. The Labute approximate surface area is 114 Å². The summed E-state index contributed by atoms with van der Waals surface area (Å²) in [6, 6.07) is 4.16. The average Bonchev–Trinajstić information content (AvgIpc) is 2.81. The van der Waals surface area contributed by atoms with Crippen molar-refractivity contribution >= 4 is 17.2 Å². The van der Waals surface area contributed by atoms with E-state index >= 15 is 0 Å². The van der Waals surface area contributed by atoms with E-state index in [1.807, 2.05) is 11.9 Å². The third-order valence-corrected chi connectivity index (χ3v) is 3.61. The molecule has 1 aromatic rings. The van der Waals surface area contributed by atoms with E-state index in [-0.39, 0.29) is 5.91 Å². The van der Waals surface area contributed by atoms with Gasteiger partial charge in [0.25, 0.3) is 0 Å². The molecule has 0 aliphatic rings. The maximum absolute atomic E-state index is 12.1. The number of hydrogen-bond acceptors (Lipinski definition) is 3. The van der Waals surface area contributed by atoms with Gasteiger partial charge in [-0.3, -0.25) is 9.69 Å². The van der Waals surface area contributed by atoms with Crippen LogP contribution in [-0.4, -0.2) is 42.4 Å². The monoisotopic (exact) mass is 268 g/mol. The molecule has 3 nitrogen and oxygen atoms in total. The fourth-order valence-corrected chi connectivity index (χ4v) is 2.74. The highest BCUT2D eigenvalue weighted by Crippen LogP contribution is 2.10. The molecule has 1 rings (SSSR count). The van der Waals surface area contributed by atoms with Gasteiger partial charge in [-0.15, -0.1) is 11.3 Å². The lowest BCUT2D eigenvalue weighted by Gasteiger charge is -2.24. The van der Waals surface area contributed by atoms with Gasteiger partial charge in [0.2, 0.25) is 5.91 Å². The number of amides is 1. The molecule has 0 fully saturated rings. The quantitative estimate of drug-likeness (QED) is 0.724. The summed E-state index contributed by atoms with van der Waals surface area (Å²) in [5.41, 5.74) is 0. The average molecular weight is 268 g/mol. The molecule has 0 aliphatic heterocycles. The first-order valence-electron chi connectivity index (χ1n) is 6.66. The molecule has 1 aromatic heterocycles. The molecule has 0 unspecified atom stereocenters. The van der Waals surface area contributed by atoms with Crippen LogP contribution < -0.4 is 0 Å². The van der Waals surface area contributed by atoms with E-state index in [0.29, 0.717) is 6.54 Å². The molecule has 0 saturated carbocycles. The molecule has 0 N–H and O–H groups in total. The Kier molecular flexibility index (Phi) is 6.98. The van der Waals surface area contributed by atoms with Crippen LogP contribution in [0.3, 0.4) is 0 Å². The molecule has 18 heavy (non-hydrogen) atoms. The van der Waals surface area contributed by atoms with Crippen LogP contribution in [0.1, 0.15) is 31.6 Å². The summed E-state index contributed by atoms with van der Waals surface area (Å²) in [4.78, 5) is 17.5. The minimum absolute atomic E-state index is 0.248. The lowest BCUT2D eigenvalue weighted by Crippen LogP contribution is -2.39. The van der Waals surface area contributed by atoms with E-state index in [1.165, 1.54) is 4.88 Å². The van der Waals surface area contributed by atoms with E-state index in [1.54, 1.807) is 11.3 Å². The maximum Gasteiger partial charge on any atom is 0.236 e. The molecule has 1 amide bonds. The van der Waals surface area contributed by atoms with Crippen molar-refractivity contribution < 1.29 is 4.79 Å². The van der Waals surface area contributed by atoms with Gasteiger partial charge in [-0.1, -0.05) is 19.9 Å². The molecule has 0 atom stereocenters. The summed E-state index contributed by atoms with van der Waals surface area (Å²) in [5.74, 6) is 0.248. The van der Waals surface area contributed by atoms with Crippen molar-refractivity contribution in [3.63, 3.8) is 0 Å². The number of rotatable bonds is 8. The Bertz CT molecular complexity index is 332. The Balaban J connectivity index is 2.41. The molecular formula is C14H24N2OS. The van der Waals surface area contributed by atoms with Crippen LogP contribution in [0.5, 0.6) is 0 Å². The minimum atomic E-state index is 0.248. The van der Waals surface area contributed by atoms with Gasteiger partial charge in [0.1, 0.15) is 0 Å². The van der Waals surface area contributed by atoms with Crippen LogP contribution in [0.25, 0.3) is 0 Å². The SMILES string of the molecule is CCCN(CCC)C(=O)CN(C)Cc1cccs1. The third kappa shape index (κ3) is 5.19. The predicted octanol–water partition coefficient (Wildman–Crippen LogP) is 2.83. The van der Waals surface area contributed by atoms with Gasteiger partial charge in [-0.25, -0.2) is 0 Å². The second kappa shape index (κ2) is 8.27. The number of carbonyl (C=O) groups is 1. The van der Waals surface area contributed by atoms with Crippen molar-refractivity contribution in [2.75, 3.05) is 26.7 Å². The molecule has 0 bridgehead atoms. The number of thiophene rings is 1. The highest BCUT2D eigenvalue weighted by molar-refractivity contribution is 7.09. The summed E-state index contributed by atoms with van der Waals surface area (Å²) in [5, 5.41) is 2.07. The molecule has 4 heteroatoms. The molecule has 1 heterocycles. The van der Waals surface area contributed by atoms with Gasteiger partial charge in [-0.05, 0) is 31.3 Å². The number of hydrogen-bond donors (Lipinski definition) is 0. The van der Waals surface area contributed by atoms with Crippen LogP contribution in [0.4, 0.5) is 0 Å². The zero-order valence-electron chi connectivity index (χ0n) is 11.7. The molecule has 0 radical (unpaired) electrons. The zero-order valence-corrected chi connectivity index (χ0v) is 12.5. The summed E-state index contributed by atoms with van der Waals surface area (Å²) in [6.45, 7) is 7.35. The van der Waals surface area contributed by atoms with Crippen LogP contribution >= 0.6 is 11.3 Å². The largest absolute Gasteiger partial charge is 0.342 e. The van der Waals surface area contributed by atoms with Gasteiger partial charge in [0, 0.05) is 24.5 Å². The van der Waals surface area contributed by atoms with Crippen molar-refractivity contribution in [3.8, 4) is 0 Å². The number of likely N-dealkylation sites (N-methyl/N-ethyl adjacent to an activating group) is 1. The first kappa shape index (κ1) is 15.2. The standard InChI is InChI=1S/C14H24N2OS/c1-4-8-16(9-5-2)14(17)12-15(3)11-13-7-6-10-18-13/h6-7,10H,4-5,8-9,11-12H2,1-3H3. The summed E-state index contributed by atoms with van der Waals surface area (Å²) in [6.07, 6.45) is 2.06. The van der Waals surface area contributed by atoms with Crippen molar-refractivity contribution in [1.82, 2.24) is 9.80 Å². The normalized spacial score (nSPS) is 10.9. The Morgan fingerprint density at radius 3 is 2.44 bits per heavy atom. The Morgan fingerprint density at radius 1 is 1.28 bits per heavy atom. The smallest absolute Gasteiger partial charge is 0.236 e. The highest BCUT2D eigenvalue weighted by Gasteiger charge is 2.14. The molecule has 102 valence electrons. The van der Waals surface area contributed by atoms with E-state index in [4.69, 9.17) is 0 Å². The number of nitrogens with zero attached hydrogens (tertiary/aromatic N) is 2. The van der Waals surface area contributed by atoms with E-state index in [9.17, 15) is 4.79 Å². The van der Waals surface area contributed by atoms with Crippen LogP contribution in [0.15, 0.2) is 17.5 Å². The van der Waals surface area contributed by atoms with Gasteiger partial charge in [-0.2, -0.15) is 0 Å². The van der Waals surface area contributed by atoms with Crippen LogP contribution in [0.2, 0.25) is 0 Å². The first-order chi connectivity index (χ1) is 8.67. The van der Waals surface area contributed by atoms with Gasteiger partial charge in [0.05, 0.1) is 6.54 Å². The topological polar surface area (TPSA) is 23.6 Å². The predicted molar refractivity (Wildman–Crippen MR) is 77.8 cm³/mol. The lowest BCUT2D eigenvalue weighted by atomic mass is 10.3. The lowest BCUT2D eigenvalue weighted by molar-refractivity contribution is -0.132. The Morgan fingerprint density at radius 2 is 1.94 bits per heavy atom. The minimum Gasteiger partial charge on any atom is -0.342 e. The van der Waals surface area contributed by atoms with Crippen LogP contribution in [-0.2, 0) is 11.3 Å². The fraction of sp³-hybridized carbons (Fsp3) is 0.643. The van der Waals surface area contributed by atoms with E-state index in [0.717, 1.165) is 32.5 Å². The zero-order chi connectivity index (χ0) is 13.4. The van der Waals surface area contributed by atoms with Gasteiger partial charge in [0.15, 0.2) is 0 Å². The second-order valence-electron chi connectivity index (χ2n) is 4.63. The summed E-state index contributed by atoms with van der Waals surface area (Å²) < 4.78 is 0. The van der Waals surface area contributed by atoms with E-state index in [2.05, 4.69) is 36.3 Å². The van der Waals surface area contributed by atoms with Crippen molar-refractivity contribution in [1.29, 1.82) is 0 Å². The fourth-order valence-electron chi connectivity index (χ4n) is 1.96. The molecule has 0 saturated heterocycles. The maximum atomic E-state index is 12.1. The molecular weight excluding hydrogens is 244 g/mol. The second-order valence-corrected chi connectivity index (χ2v) is 5.66. The molecule has 0 aromatic carbocycles. The third-order valence-electron chi connectivity index (χ3n) is 2.75. The van der Waals surface area contributed by atoms with Crippen LogP contribution in [0, 0.1) is 0 Å². The van der Waals surface area contributed by atoms with Gasteiger partial charge >= 0.3 is 0 Å². The molecule has 0 spiro atoms. The number of carbonyl (C=O) groups excluding carboxylic acids is 1. The summed E-state index contributed by atoms with van der Waals surface area (Å²) >= 11 is 1.74. The van der Waals surface area contributed by atoms with Crippen molar-refractivity contribution in [2.24, 2.45) is 0 Å². The van der Waals surface area contributed by atoms with E-state index < -0.39 is 0 Å². The first-order valence-corrected chi connectivity index (χ1v) is 7.54. The van der Waals surface area contributed by atoms with Crippen molar-refractivity contribution in [3.05, 3.63) is 22.4 Å². The van der Waals surface area contributed by atoms with Crippen molar-refractivity contribution in [2.45, 2.75) is 33.2 Å².